The molecule has 7 heteroatoms. The number of carbonyl (C=O) groups excluding carboxylic acids is 2. The maximum Gasteiger partial charge on any atom is 0.328 e. The van der Waals surface area contributed by atoms with E-state index < -0.39 is 33.1 Å². The molecule has 0 aromatic heterocycles. The lowest BCUT2D eigenvalue weighted by Crippen LogP contribution is -2.47. The number of rotatable bonds is 7. The fourth-order valence-corrected chi connectivity index (χ4v) is 5.15. The fourth-order valence-electron chi connectivity index (χ4n) is 3.08. The van der Waals surface area contributed by atoms with Gasteiger partial charge in [0.2, 0.25) is 0 Å². The molecule has 144 valence electrons. The van der Waals surface area contributed by atoms with Crippen molar-refractivity contribution in [3.05, 3.63) is 30.3 Å². The molecule has 0 bridgehead atoms. The SMILES string of the molecule is CC(C)C(C)NC(=O)COC(=O)C1(S(=O)(=O)c2ccccc2)CCCC1. The molecule has 1 atom stereocenters. The number of esters is 1. The van der Waals surface area contributed by atoms with E-state index in [0.717, 1.165) is 0 Å². The van der Waals surface area contributed by atoms with Crippen molar-refractivity contribution in [1.82, 2.24) is 5.32 Å². The second-order valence-electron chi connectivity index (χ2n) is 7.19. The molecule has 1 fully saturated rings. The highest BCUT2D eigenvalue weighted by molar-refractivity contribution is 7.93. The smallest absolute Gasteiger partial charge is 0.328 e. The maximum atomic E-state index is 13.1. The first kappa shape index (κ1) is 20.4. The minimum absolute atomic E-state index is 0.0605. The summed E-state index contributed by atoms with van der Waals surface area (Å²) in [5.74, 6) is -1.01. The van der Waals surface area contributed by atoms with Gasteiger partial charge in [-0.1, -0.05) is 44.9 Å². The summed E-state index contributed by atoms with van der Waals surface area (Å²) in [5.41, 5.74) is 0. The van der Waals surface area contributed by atoms with Gasteiger partial charge in [0.25, 0.3) is 5.91 Å². The molecule has 0 heterocycles. The number of sulfone groups is 1. The van der Waals surface area contributed by atoms with Crippen LogP contribution in [0.4, 0.5) is 0 Å². The summed E-state index contributed by atoms with van der Waals surface area (Å²) in [6, 6.07) is 7.89. The van der Waals surface area contributed by atoms with Crippen LogP contribution < -0.4 is 5.32 Å². The number of benzene rings is 1. The van der Waals surface area contributed by atoms with E-state index in [2.05, 4.69) is 5.32 Å². The van der Waals surface area contributed by atoms with Crippen LogP contribution in [0, 0.1) is 5.92 Å². The summed E-state index contributed by atoms with van der Waals surface area (Å²) in [7, 11) is -3.89. The zero-order valence-electron chi connectivity index (χ0n) is 15.5. The number of ether oxygens (including phenoxy) is 1. The highest BCUT2D eigenvalue weighted by Crippen LogP contribution is 2.41. The monoisotopic (exact) mass is 381 g/mol. The van der Waals surface area contributed by atoms with Gasteiger partial charge in [-0.05, 0) is 37.8 Å². The minimum Gasteiger partial charge on any atom is -0.454 e. The standard InChI is InChI=1S/C19H27NO5S/c1-14(2)15(3)20-17(21)13-25-18(22)19(11-7-8-12-19)26(23,24)16-9-5-4-6-10-16/h4-6,9-10,14-15H,7-8,11-13H2,1-3H3,(H,20,21). The van der Waals surface area contributed by atoms with Crippen molar-refractivity contribution in [3.63, 3.8) is 0 Å². The van der Waals surface area contributed by atoms with Gasteiger partial charge in [-0.25, -0.2) is 8.42 Å². The van der Waals surface area contributed by atoms with Gasteiger partial charge in [0, 0.05) is 6.04 Å². The molecule has 0 aliphatic heterocycles. The molecule has 26 heavy (non-hydrogen) atoms. The topological polar surface area (TPSA) is 89.5 Å². The molecule has 1 saturated carbocycles. The van der Waals surface area contributed by atoms with Crippen molar-refractivity contribution >= 4 is 21.7 Å². The predicted octanol–water partition coefficient (Wildman–Crippen LogP) is 2.48. The third-order valence-corrected chi connectivity index (χ3v) is 7.57. The van der Waals surface area contributed by atoms with Gasteiger partial charge in [0.1, 0.15) is 0 Å². The summed E-state index contributed by atoms with van der Waals surface area (Å²) < 4.78 is 29.8. The highest BCUT2D eigenvalue weighted by Gasteiger charge is 2.54. The minimum atomic E-state index is -3.89. The van der Waals surface area contributed by atoms with Crippen LogP contribution in [-0.2, 0) is 24.2 Å². The molecule has 0 saturated heterocycles. The Morgan fingerprint density at radius 1 is 1.12 bits per heavy atom. The lowest BCUT2D eigenvalue weighted by molar-refractivity contribution is -0.151. The average molecular weight is 381 g/mol. The number of carbonyl (C=O) groups is 2. The van der Waals surface area contributed by atoms with Gasteiger partial charge in [-0.2, -0.15) is 0 Å². The normalized spacial score (nSPS) is 17.7. The largest absolute Gasteiger partial charge is 0.454 e. The van der Waals surface area contributed by atoms with E-state index in [1.807, 2.05) is 20.8 Å². The van der Waals surface area contributed by atoms with Crippen LogP contribution in [0.1, 0.15) is 46.5 Å². The number of amides is 1. The molecule has 1 aliphatic rings. The van der Waals surface area contributed by atoms with Crippen LogP contribution in [0.2, 0.25) is 0 Å². The second-order valence-corrected chi connectivity index (χ2v) is 9.45. The average Bonchev–Trinajstić information content (AvgIpc) is 3.12. The summed E-state index contributed by atoms with van der Waals surface area (Å²) in [4.78, 5) is 24.8. The quantitative estimate of drug-likeness (QED) is 0.733. The Kier molecular flexibility index (Phi) is 6.44. The first-order chi connectivity index (χ1) is 12.2. The van der Waals surface area contributed by atoms with Crippen molar-refractivity contribution in [3.8, 4) is 0 Å². The van der Waals surface area contributed by atoms with E-state index in [-0.39, 0.29) is 29.7 Å². The summed E-state index contributed by atoms with van der Waals surface area (Å²) in [6.07, 6.45) is 1.70. The van der Waals surface area contributed by atoms with Gasteiger partial charge in [0.05, 0.1) is 4.90 Å². The Hall–Kier alpha value is -1.89. The van der Waals surface area contributed by atoms with Crippen LogP contribution in [0.5, 0.6) is 0 Å². The summed E-state index contributed by atoms with van der Waals surface area (Å²) in [6.45, 7) is 5.33. The number of hydrogen-bond donors (Lipinski definition) is 1. The van der Waals surface area contributed by atoms with Crippen molar-refractivity contribution in [2.45, 2.75) is 62.1 Å². The van der Waals surface area contributed by atoms with E-state index in [1.165, 1.54) is 12.1 Å². The van der Waals surface area contributed by atoms with Crippen molar-refractivity contribution in [2.75, 3.05) is 6.61 Å². The highest BCUT2D eigenvalue weighted by atomic mass is 32.2. The molecule has 1 aromatic rings. The Morgan fingerprint density at radius 3 is 2.23 bits per heavy atom. The van der Waals surface area contributed by atoms with Crippen LogP contribution in [0.25, 0.3) is 0 Å². The van der Waals surface area contributed by atoms with E-state index >= 15 is 0 Å². The number of nitrogens with one attached hydrogen (secondary N) is 1. The molecule has 1 amide bonds. The molecule has 2 rings (SSSR count). The van der Waals surface area contributed by atoms with E-state index in [9.17, 15) is 18.0 Å². The molecule has 1 N–H and O–H groups in total. The Labute approximate surface area is 155 Å². The molecule has 1 unspecified atom stereocenters. The van der Waals surface area contributed by atoms with Crippen LogP contribution in [-0.4, -0.2) is 37.7 Å². The van der Waals surface area contributed by atoms with Crippen molar-refractivity contribution < 1.29 is 22.7 Å². The molecule has 6 nitrogen and oxygen atoms in total. The summed E-state index contributed by atoms with van der Waals surface area (Å²) >= 11 is 0. The summed E-state index contributed by atoms with van der Waals surface area (Å²) in [5, 5.41) is 2.74. The Balaban J connectivity index is 2.14. The van der Waals surface area contributed by atoms with Crippen LogP contribution in [0.3, 0.4) is 0 Å². The predicted molar refractivity (Wildman–Crippen MR) is 98.2 cm³/mol. The third kappa shape index (κ3) is 4.09. The first-order valence-corrected chi connectivity index (χ1v) is 10.5. The fraction of sp³-hybridized carbons (Fsp3) is 0.579. The lowest BCUT2D eigenvalue weighted by Gasteiger charge is -2.26. The van der Waals surface area contributed by atoms with Crippen molar-refractivity contribution in [2.24, 2.45) is 5.92 Å². The van der Waals surface area contributed by atoms with Crippen LogP contribution >= 0.6 is 0 Å². The van der Waals surface area contributed by atoms with Gasteiger partial charge in [0.15, 0.2) is 21.2 Å². The zero-order valence-corrected chi connectivity index (χ0v) is 16.3. The lowest BCUT2D eigenvalue weighted by atomic mass is 10.1. The molecule has 0 spiro atoms. The third-order valence-electron chi connectivity index (χ3n) is 5.07. The Morgan fingerprint density at radius 2 is 1.69 bits per heavy atom. The van der Waals surface area contributed by atoms with E-state index in [1.54, 1.807) is 18.2 Å². The van der Waals surface area contributed by atoms with E-state index in [0.29, 0.717) is 12.8 Å². The Bertz CT molecular complexity index is 736. The maximum absolute atomic E-state index is 13.1. The van der Waals surface area contributed by atoms with Gasteiger partial charge < -0.3 is 10.1 Å². The zero-order chi connectivity index (χ0) is 19.4. The second kappa shape index (κ2) is 8.20. The van der Waals surface area contributed by atoms with Crippen molar-refractivity contribution in [1.29, 1.82) is 0 Å². The van der Waals surface area contributed by atoms with Crippen LogP contribution in [0.15, 0.2) is 35.2 Å². The van der Waals surface area contributed by atoms with Gasteiger partial charge in [-0.3, -0.25) is 9.59 Å². The molecule has 1 aromatic carbocycles. The first-order valence-electron chi connectivity index (χ1n) is 8.97. The molecular weight excluding hydrogens is 354 g/mol. The molecular formula is C19H27NO5S. The number of hydrogen-bond acceptors (Lipinski definition) is 5. The molecule has 0 radical (unpaired) electrons. The van der Waals surface area contributed by atoms with Gasteiger partial charge >= 0.3 is 5.97 Å². The van der Waals surface area contributed by atoms with Gasteiger partial charge in [-0.15, -0.1) is 0 Å². The van der Waals surface area contributed by atoms with E-state index in [4.69, 9.17) is 4.74 Å². The molecule has 1 aliphatic carbocycles.